The smallest absolute Gasteiger partial charge is 0.0621 e. The monoisotopic (exact) mass is 223 g/mol. The minimum Gasteiger partial charge on any atom is -0.309 e. The summed E-state index contributed by atoms with van der Waals surface area (Å²) in [7, 11) is 4.32. The van der Waals surface area contributed by atoms with E-state index in [1.165, 1.54) is 45.4 Å². The van der Waals surface area contributed by atoms with Crippen LogP contribution in [0.4, 0.5) is 0 Å². The summed E-state index contributed by atoms with van der Waals surface area (Å²) >= 11 is 0. The van der Waals surface area contributed by atoms with E-state index >= 15 is 0 Å². The summed E-state index contributed by atoms with van der Waals surface area (Å²) in [6.07, 6.45) is 5.66. The lowest BCUT2D eigenvalue weighted by Gasteiger charge is -2.33. The van der Waals surface area contributed by atoms with Crippen molar-refractivity contribution in [2.24, 2.45) is 5.92 Å². The summed E-state index contributed by atoms with van der Waals surface area (Å²) < 4.78 is 0. The molecule has 3 heteroatoms. The van der Waals surface area contributed by atoms with Crippen LogP contribution in [0.1, 0.15) is 32.1 Å². The maximum absolute atomic E-state index is 8.45. The Bertz CT molecular complexity index is 212. The van der Waals surface area contributed by atoms with E-state index in [4.69, 9.17) is 5.26 Å². The second-order valence-electron chi connectivity index (χ2n) is 5.16. The number of piperidine rings is 1. The highest BCUT2D eigenvalue weighted by molar-refractivity contribution is 4.74. The molecule has 16 heavy (non-hydrogen) atoms. The molecular formula is C13H25N3. The molecule has 0 aromatic heterocycles. The third kappa shape index (κ3) is 5.48. The first-order valence-corrected chi connectivity index (χ1v) is 6.46. The molecule has 0 aliphatic carbocycles. The van der Waals surface area contributed by atoms with Gasteiger partial charge in [-0.05, 0) is 65.3 Å². The van der Waals surface area contributed by atoms with Gasteiger partial charge >= 0.3 is 0 Å². The predicted molar refractivity (Wildman–Crippen MR) is 67.2 cm³/mol. The number of likely N-dealkylation sites (tertiary alicyclic amines) is 1. The van der Waals surface area contributed by atoms with E-state index < -0.39 is 0 Å². The number of rotatable bonds is 6. The number of nitriles is 1. The van der Waals surface area contributed by atoms with Crippen molar-refractivity contribution in [2.75, 3.05) is 40.3 Å². The molecule has 1 rings (SSSR count). The van der Waals surface area contributed by atoms with Crippen LogP contribution in [0.25, 0.3) is 0 Å². The van der Waals surface area contributed by atoms with Crippen LogP contribution in [0.5, 0.6) is 0 Å². The summed E-state index contributed by atoms with van der Waals surface area (Å²) in [4.78, 5) is 4.86. The van der Waals surface area contributed by atoms with Crippen molar-refractivity contribution in [1.82, 2.24) is 9.80 Å². The van der Waals surface area contributed by atoms with Gasteiger partial charge < -0.3 is 9.80 Å². The highest BCUT2D eigenvalue weighted by atomic mass is 15.1. The van der Waals surface area contributed by atoms with Crippen molar-refractivity contribution < 1.29 is 0 Å². The van der Waals surface area contributed by atoms with Gasteiger partial charge in [0.2, 0.25) is 0 Å². The van der Waals surface area contributed by atoms with Gasteiger partial charge in [0.25, 0.3) is 0 Å². The molecule has 1 fully saturated rings. The van der Waals surface area contributed by atoms with Crippen molar-refractivity contribution >= 4 is 0 Å². The van der Waals surface area contributed by atoms with E-state index in [1.807, 2.05) is 0 Å². The quantitative estimate of drug-likeness (QED) is 0.645. The van der Waals surface area contributed by atoms with Crippen LogP contribution >= 0.6 is 0 Å². The third-order valence-electron chi connectivity index (χ3n) is 3.34. The SMILES string of the molecule is CN(C)CC1CCN(CCCCC#N)CC1. The van der Waals surface area contributed by atoms with Crippen molar-refractivity contribution in [3.8, 4) is 6.07 Å². The second kappa shape index (κ2) is 7.65. The molecule has 0 unspecified atom stereocenters. The van der Waals surface area contributed by atoms with Crippen LogP contribution in [0.2, 0.25) is 0 Å². The zero-order valence-electron chi connectivity index (χ0n) is 10.8. The normalized spacial score (nSPS) is 18.9. The molecule has 0 saturated carbocycles. The van der Waals surface area contributed by atoms with Crippen molar-refractivity contribution in [2.45, 2.75) is 32.1 Å². The molecule has 3 nitrogen and oxygen atoms in total. The largest absolute Gasteiger partial charge is 0.309 e. The lowest BCUT2D eigenvalue weighted by Crippen LogP contribution is -2.37. The van der Waals surface area contributed by atoms with Crippen LogP contribution in [0, 0.1) is 17.2 Å². The summed E-state index contributed by atoms with van der Waals surface area (Å²) in [5.74, 6) is 0.894. The fourth-order valence-electron chi connectivity index (χ4n) is 2.45. The number of hydrogen-bond acceptors (Lipinski definition) is 3. The predicted octanol–water partition coefficient (Wildman–Crippen LogP) is 1.95. The lowest BCUT2D eigenvalue weighted by molar-refractivity contribution is 0.161. The summed E-state index contributed by atoms with van der Waals surface area (Å²) in [6.45, 7) is 4.94. The Kier molecular flexibility index (Phi) is 6.44. The van der Waals surface area contributed by atoms with Gasteiger partial charge in [0.15, 0.2) is 0 Å². The second-order valence-corrected chi connectivity index (χ2v) is 5.16. The third-order valence-corrected chi connectivity index (χ3v) is 3.34. The molecule has 1 aliphatic heterocycles. The van der Waals surface area contributed by atoms with Gasteiger partial charge in [-0.25, -0.2) is 0 Å². The van der Waals surface area contributed by atoms with Crippen molar-refractivity contribution in [3.63, 3.8) is 0 Å². The van der Waals surface area contributed by atoms with Gasteiger partial charge in [-0.2, -0.15) is 5.26 Å². The van der Waals surface area contributed by atoms with Crippen LogP contribution in [-0.4, -0.2) is 50.1 Å². The van der Waals surface area contributed by atoms with Gasteiger partial charge in [-0.1, -0.05) is 0 Å². The zero-order valence-corrected chi connectivity index (χ0v) is 10.8. The first-order chi connectivity index (χ1) is 7.72. The van der Waals surface area contributed by atoms with Gasteiger partial charge in [0, 0.05) is 13.0 Å². The number of hydrogen-bond donors (Lipinski definition) is 0. The van der Waals surface area contributed by atoms with Crippen molar-refractivity contribution in [1.29, 1.82) is 5.26 Å². The van der Waals surface area contributed by atoms with E-state index in [2.05, 4.69) is 30.0 Å². The average molecular weight is 223 g/mol. The lowest BCUT2D eigenvalue weighted by atomic mass is 9.96. The highest BCUT2D eigenvalue weighted by Crippen LogP contribution is 2.17. The maximum Gasteiger partial charge on any atom is 0.0621 e. The molecular weight excluding hydrogens is 198 g/mol. The Morgan fingerprint density at radius 1 is 1.25 bits per heavy atom. The molecule has 0 N–H and O–H groups in total. The fraction of sp³-hybridized carbons (Fsp3) is 0.923. The first kappa shape index (κ1) is 13.5. The number of nitrogens with zero attached hydrogens (tertiary/aromatic N) is 3. The van der Waals surface area contributed by atoms with Crippen LogP contribution in [0.15, 0.2) is 0 Å². The molecule has 0 atom stereocenters. The van der Waals surface area contributed by atoms with E-state index in [0.717, 1.165) is 18.8 Å². The minimum atomic E-state index is 0.719. The molecule has 0 radical (unpaired) electrons. The van der Waals surface area contributed by atoms with Gasteiger partial charge in [0.1, 0.15) is 0 Å². The maximum atomic E-state index is 8.45. The molecule has 92 valence electrons. The van der Waals surface area contributed by atoms with Gasteiger partial charge in [-0.3, -0.25) is 0 Å². The van der Waals surface area contributed by atoms with Crippen LogP contribution in [-0.2, 0) is 0 Å². The Balaban J connectivity index is 2.06. The van der Waals surface area contributed by atoms with Crippen LogP contribution in [0.3, 0.4) is 0 Å². The standard InChI is InChI=1S/C13H25N3/c1-15(2)12-13-6-10-16(11-7-13)9-5-3-4-8-14/h13H,3-7,9-12H2,1-2H3. The van der Waals surface area contributed by atoms with Crippen molar-refractivity contribution in [3.05, 3.63) is 0 Å². The van der Waals surface area contributed by atoms with Crippen LogP contribution < -0.4 is 0 Å². The van der Waals surface area contributed by atoms with E-state index in [0.29, 0.717) is 0 Å². The Labute approximate surface area is 100 Å². The number of unbranched alkanes of at least 4 members (excludes halogenated alkanes) is 2. The molecule has 0 aromatic carbocycles. The molecule has 1 heterocycles. The first-order valence-electron chi connectivity index (χ1n) is 6.46. The minimum absolute atomic E-state index is 0.719. The summed E-state index contributed by atoms with van der Waals surface area (Å²) in [6, 6.07) is 2.21. The Morgan fingerprint density at radius 3 is 2.50 bits per heavy atom. The zero-order chi connectivity index (χ0) is 11.8. The average Bonchev–Trinajstić information content (AvgIpc) is 2.26. The molecule has 0 bridgehead atoms. The van der Waals surface area contributed by atoms with E-state index in [1.54, 1.807) is 0 Å². The molecule has 1 aliphatic rings. The van der Waals surface area contributed by atoms with Gasteiger partial charge in [-0.15, -0.1) is 0 Å². The summed E-state index contributed by atoms with van der Waals surface area (Å²) in [5.41, 5.74) is 0. The van der Waals surface area contributed by atoms with E-state index in [-0.39, 0.29) is 0 Å². The van der Waals surface area contributed by atoms with Gasteiger partial charge in [0.05, 0.1) is 6.07 Å². The highest BCUT2D eigenvalue weighted by Gasteiger charge is 2.18. The fourth-order valence-corrected chi connectivity index (χ4v) is 2.45. The molecule has 1 saturated heterocycles. The topological polar surface area (TPSA) is 30.3 Å². The van der Waals surface area contributed by atoms with E-state index in [9.17, 15) is 0 Å². The summed E-state index contributed by atoms with van der Waals surface area (Å²) in [5, 5.41) is 8.45. The molecule has 0 aromatic rings. The Hall–Kier alpha value is -0.590. The molecule has 0 spiro atoms. The Morgan fingerprint density at radius 2 is 1.94 bits per heavy atom. The molecule has 0 amide bonds.